The van der Waals surface area contributed by atoms with Gasteiger partial charge in [-0.1, -0.05) is 29.9 Å². The van der Waals surface area contributed by atoms with E-state index < -0.39 is 23.9 Å². The number of rotatable bonds is 11. The Morgan fingerprint density at radius 2 is 1.92 bits per heavy atom. The van der Waals surface area contributed by atoms with Crippen molar-refractivity contribution in [1.29, 1.82) is 0 Å². The highest BCUT2D eigenvalue weighted by Crippen LogP contribution is 2.30. The Morgan fingerprint density at radius 3 is 2.54 bits per heavy atom. The number of piperidine rings is 1. The van der Waals surface area contributed by atoms with Crippen molar-refractivity contribution in [2.75, 3.05) is 37.7 Å². The van der Waals surface area contributed by atoms with Gasteiger partial charge in [0.1, 0.15) is 4.88 Å². The van der Waals surface area contributed by atoms with Crippen molar-refractivity contribution in [2.24, 2.45) is 0 Å². The van der Waals surface area contributed by atoms with E-state index in [4.69, 9.17) is 16.3 Å². The van der Waals surface area contributed by atoms with Gasteiger partial charge in [0.05, 0.1) is 17.8 Å². The van der Waals surface area contributed by atoms with E-state index in [2.05, 4.69) is 30.9 Å². The fourth-order valence-electron chi connectivity index (χ4n) is 3.85. The lowest BCUT2D eigenvalue weighted by molar-refractivity contribution is -0.118. The largest absolute Gasteiger partial charge is 0.477 e. The molecule has 0 bridgehead atoms. The van der Waals surface area contributed by atoms with Crippen LogP contribution in [0.3, 0.4) is 0 Å². The van der Waals surface area contributed by atoms with Crippen LogP contribution in [0, 0.1) is 0 Å². The van der Waals surface area contributed by atoms with E-state index >= 15 is 0 Å². The predicted octanol–water partition coefficient (Wildman–Crippen LogP) is 1.06. The molecule has 1 aliphatic heterocycles. The van der Waals surface area contributed by atoms with Crippen molar-refractivity contribution in [3.05, 3.63) is 27.2 Å². The summed E-state index contributed by atoms with van der Waals surface area (Å²) < 4.78 is 5.88. The molecule has 37 heavy (non-hydrogen) atoms. The van der Waals surface area contributed by atoms with E-state index in [-0.39, 0.29) is 46.6 Å². The number of halogens is 1. The monoisotopic (exact) mass is 555 g/mol. The van der Waals surface area contributed by atoms with Gasteiger partial charge in [-0.3, -0.25) is 14.4 Å². The van der Waals surface area contributed by atoms with E-state index in [1.807, 2.05) is 18.7 Å². The van der Waals surface area contributed by atoms with Crippen LogP contribution in [0.1, 0.15) is 63.7 Å². The summed E-state index contributed by atoms with van der Waals surface area (Å²) in [5, 5.41) is 18.3. The summed E-state index contributed by atoms with van der Waals surface area (Å²) in [6.07, 6.45) is 0.692. The van der Waals surface area contributed by atoms with E-state index in [1.54, 1.807) is 0 Å². The van der Waals surface area contributed by atoms with Gasteiger partial charge in [0.15, 0.2) is 21.8 Å². The number of hydrogen-bond acceptors (Lipinski definition) is 9. The molecule has 13 nitrogen and oxygen atoms in total. The zero-order chi connectivity index (χ0) is 27.1. The molecule has 0 radical (unpaired) electrons. The Bertz CT molecular complexity index is 1150. The van der Waals surface area contributed by atoms with Gasteiger partial charge in [0, 0.05) is 39.7 Å². The molecule has 1 saturated heterocycles. The van der Waals surface area contributed by atoms with E-state index in [0.29, 0.717) is 43.4 Å². The number of nitrogens with one attached hydrogen (secondary N) is 4. The van der Waals surface area contributed by atoms with E-state index in [1.165, 1.54) is 6.92 Å². The number of imidazole rings is 1. The maximum absolute atomic E-state index is 12.8. The zero-order valence-electron chi connectivity index (χ0n) is 20.7. The molecule has 0 unspecified atom stereocenters. The summed E-state index contributed by atoms with van der Waals surface area (Å²) in [5.41, 5.74) is 0.482. The van der Waals surface area contributed by atoms with Gasteiger partial charge in [-0.2, -0.15) is 0 Å². The number of thiazole rings is 1. The van der Waals surface area contributed by atoms with Crippen molar-refractivity contribution in [1.82, 2.24) is 30.9 Å². The fourth-order valence-corrected chi connectivity index (χ4v) is 5.05. The maximum atomic E-state index is 12.8. The zero-order valence-corrected chi connectivity index (χ0v) is 22.3. The van der Waals surface area contributed by atoms with Gasteiger partial charge >= 0.3 is 5.97 Å². The number of aromatic nitrogens is 3. The second-order valence-electron chi connectivity index (χ2n) is 8.23. The van der Waals surface area contributed by atoms with Crippen LogP contribution in [-0.2, 0) is 16.0 Å². The van der Waals surface area contributed by atoms with Crippen molar-refractivity contribution in [3.8, 4) is 0 Å². The molecular weight excluding hydrogens is 526 g/mol. The van der Waals surface area contributed by atoms with Crippen molar-refractivity contribution < 1.29 is 29.0 Å². The summed E-state index contributed by atoms with van der Waals surface area (Å²) in [7, 11) is 0. The molecule has 202 valence electrons. The summed E-state index contributed by atoms with van der Waals surface area (Å²) in [5.74, 6) is -2.41. The Kier molecular flexibility index (Phi) is 9.83. The number of carboxylic acids is 1. The number of hydrogen-bond donors (Lipinski definition) is 5. The number of aromatic carboxylic acids is 1. The summed E-state index contributed by atoms with van der Waals surface area (Å²) in [6, 6.07) is -0.326. The number of nitrogens with zero attached hydrogens (tertiary/aromatic N) is 3. The van der Waals surface area contributed by atoms with Crippen LogP contribution >= 0.6 is 22.9 Å². The molecule has 15 heteroatoms. The molecule has 1 fully saturated rings. The average Bonchev–Trinajstić information content (AvgIpc) is 3.47. The number of aryl methyl sites for hydroxylation is 1. The second kappa shape index (κ2) is 12.8. The fraction of sp³-hybridized carbons (Fsp3) is 0.545. The first-order valence-electron chi connectivity index (χ1n) is 11.8. The summed E-state index contributed by atoms with van der Waals surface area (Å²) >= 11 is 6.96. The van der Waals surface area contributed by atoms with Gasteiger partial charge < -0.3 is 35.7 Å². The summed E-state index contributed by atoms with van der Waals surface area (Å²) in [6.45, 7) is 6.61. The minimum absolute atomic E-state index is 0.125. The highest BCUT2D eigenvalue weighted by Gasteiger charge is 2.34. The molecule has 2 aromatic heterocycles. The topological polar surface area (TPSA) is 179 Å². The molecule has 2 atom stereocenters. The number of aromatic amines is 1. The van der Waals surface area contributed by atoms with Crippen molar-refractivity contribution in [3.63, 3.8) is 0 Å². The average molecular weight is 556 g/mol. The van der Waals surface area contributed by atoms with Crippen molar-refractivity contribution in [2.45, 2.75) is 45.8 Å². The number of carbonyl (C=O) groups excluding carboxylic acids is 3. The van der Waals surface area contributed by atoms with Crippen molar-refractivity contribution >= 4 is 51.8 Å². The van der Waals surface area contributed by atoms with Crippen LogP contribution in [0.5, 0.6) is 0 Å². The normalized spacial score (nSPS) is 17.4. The van der Waals surface area contributed by atoms with Gasteiger partial charge in [0.2, 0.25) is 5.91 Å². The number of carboxylic acid groups (broad SMARTS) is 1. The van der Waals surface area contributed by atoms with Gasteiger partial charge in [-0.25, -0.2) is 14.8 Å². The molecule has 5 N–H and O–H groups in total. The molecule has 1 aliphatic rings. The molecule has 0 spiro atoms. The SMILES string of the molecule is CCO[C@@H]1CN(c2nc(C(=O)NCCNC(C)=O)c(C(=O)O)s2)CC[C@@H]1NC(=O)c1nc(Cl)c(CC)[nH]1. The Labute approximate surface area is 222 Å². The smallest absolute Gasteiger partial charge is 0.348 e. The van der Waals surface area contributed by atoms with Crippen LogP contribution in [0.2, 0.25) is 5.15 Å². The second-order valence-corrected chi connectivity index (χ2v) is 9.57. The first-order valence-corrected chi connectivity index (χ1v) is 13.0. The highest BCUT2D eigenvalue weighted by molar-refractivity contribution is 7.17. The third-order valence-electron chi connectivity index (χ3n) is 5.63. The molecule has 3 heterocycles. The van der Waals surface area contributed by atoms with Crippen LogP contribution in [0.25, 0.3) is 0 Å². The van der Waals surface area contributed by atoms with Crippen LogP contribution in [0.4, 0.5) is 5.13 Å². The standard InChI is InChI=1S/C22H30ClN7O6S/c1-4-12-17(23)29-18(26-12)20(33)27-13-6-9-30(10-14(13)36-5-2)22-28-15(16(37-22)21(34)35)19(32)25-8-7-24-11(3)31/h13-14H,4-10H2,1-3H3,(H,24,31)(H,25,32)(H,26,29)(H,27,33)(H,34,35)/t13-,14+/m0/s1. The molecule has 3 rings (SSSR count). The molecule has 0 saturated carbocycles. The number of ether oxygens (including phenoxy) is 1. The lowest BCUT2D eigenvalue weighted by Gasteiger charge is -2.38. The number of carbonyl (C=O) groups is 4. The quantitative estimate of drug-likeness (QED) is 0.253. The highest BCUT2D eigenvalue weighted by atomic mass is 35.5. The number of H-pyrrole nitrogens is 1. The lowest BCUT2D eigenvalue weighted by atomic mass is 10.0. The van der Waals surface area contributed by atoms with E-state index in [0.717, 1.165) is 11.3 Å². The molecule has 2 aromatic rings. The Morgan fingerprint density at radius 1 is 1.19 bits per heavy atom. The predicted molar refractivity (Wildman–Crippen MR) is 137 cm³/mol. The van der Waals surface area contributed by atoms with Crippen LogP contribution < -0.4 is 20.9 Å². The first-order chi connectivity index (χ1) is 17.6. The Hall–Kier alpha value is -3.23. The minimum atomic E-state index is -1.26. The van der Waals surface area contributed by atoms with Crippen LogP contribution in [-0.4, -0.2) is 88.7 Å². The third kappa shape index (κ3) is 7.17. The minimum Gasteiger partial charge on any atom is -0.477 e. The van der Waals surface area contributed by atoms with Crippen LogP contribution in [0.15, 0.2) is 0 Å². The van der Waals surface area contributed by atoms with Gasteiger partial charge in [0.25, 0.3) is 11.8 Å². The maximum Gasteiger partial charge on any atom is 0.348 e. The first kappa shape index (κ1) is 28.3. The van der Waals surface area contributed by atoms with Gasteiger partial charge in [-0.05, 0) is 19.8 Å². The molecular formula is C22H30ClN7O6S. The number of amides is 3. The van der Waals surface area contributed by atoms with E-state index in [9.17, 15) is 24.3 Å². The van der Waals surface area contributed by atoms with Gasteiger partial charge in [-0.15, -0.1) is 0 Å². The Balaban J connectivity index is 1.70. The number of anilines is 1. The third-order valence-corrected chi connectivity index (χ3v) is 7.05. The molecule has 0 aliphatic carbocycles. The molecule has 0 aromatic carbocycles. The summed E-state index contributed by atoms with van der Waals surface area (Å²) in [4.78, 5) is 61.1. The lowest BCUT2D eigenvalue weighted by Crippen LogP contribution is -2.55. The molecule has 3 amide bonds.